The number of halogens is 1. The van der Waals surface area contributed by atoms with E-state index in [1.54, 1.807) is 6.20 Å². The van der Waals surface area contributed by atoms with Crippen molar-refractivity contribution in [2.24, 2.45) is 0 Å². The number of rotatable bonds is 2. The van der Waals surface area contributed by atoms with E-state index in [2.05, 4.69) is 21.8 Å². The molecule has 0 spiro atoms. The van der Waals surface area contributed by atoms with E-state index in [9.17, 15) is 0 Å². The van der Waals surface area contributed by atoms with E-state index >= 15 is 0 Å². The van der Waals surface area contributed by atoms with Gasteiger partial charge in [0.1, 0.15) is 0 Å². The average Bonchev–Trinajstić information content (AvgIpc) is 2.30. The van der Waals surface area contributed by atoms with Crippen molar-refractivity contribution in [3.05, 3.63) is 24.0 Å². The van der Waals surface area contributed by atoms with E-state index in [4.69, 9.17) is 11.6 Å². The highest BCUT2D eigenvalue weighted by atomic mass is 35.5. The fourth-order valence-electron chi connectivity index (χ4n) is 1.86. The molecule has 4 heteroatoms. The molecule has 1 fully saturated rings. The molecule has 0 N–H and O–H groups in total. The van der Waals surface area contributed by atoms with Crippen LogP contribution in [0.25, 0.3) is 0 Å². The Hall–Kier alpha value is -0.800. The number of piperazine rings is 1. The van der Waals surface area contributed by atoms with Gasteiger partial charge in [-0.25, -0.2) is 0 Å². The highest BCUT2D eigenvalue weighted by molar-refractivity contribution is 6.17. The number of likely N-dealkylation sites (N-methyl/N-ethyl adjacent to an activating group) is 1. The zero-order valence-corrected chi connectivity index (χ0v) is 9.74. The summed E-state index contributed by atoms with van der Waals surface area (Å²) in [5.74, 6) is 0.560. The molecule has 1 aliphatic heterocycles. The summed E-state index contributed by atoms with van der Waals surface area (Å²) in [6.45, 7) is 4.34. The topological polar surface area (TPSA) is 19.4 Å². The highest BCUT2D eigenvalue weighted by Gasteiger charge is 2.16. The molecule has 0 atom stereocenters. The molecule has 0 saturated carbocycles. The molecule has 0 aliphatic carbocycles. The van der Waals surface area contributed by atoms with Gasteiger partial charge >= 0.3 is 0 Å². The average molecular weight is 226 g/mol. The molecular formula is C11H16ClN3. The van der Waals surface area contributed by atoms with Gasteiger partial charge in [-0.3, -0.25) is 4.98 Å². The molecule has 15 heavy (non-hydrogen) atoms. The normalized spacial score (nSPS) is 18.1. The largest absolute Gasteiger partial charge is 0.367 e. The molecule has 1 aromatic heterocycles. The highest BCUT2D eigenvalue weighted by Crippen LogP contribution is 2.21. The van der Waals surface area contributed by atoms with Crippen LogP contribution in [0.5, 0.6) is 0 Å². The van der Waals surface area contributed by atoms with Crippen molar-refractivity contribution in [1.29, 1.82) is 0 Å². The fraction of sp³-hybridized carbons (Fsp3) is 0.545. The fourth-order valence-corrected chi connectivity index (χ4v) is 2.09. The predicted octanol–water partition coefficient (Wildman–Crippen LogP) is 1.57. The first-order valence-electron chi connectivity index (χ1n) is 5.23. The van der Waals surface area contributed by atoms with Gasteiger partial charge in [0, 0.05) is 38.3 Å². The van der Waals surface area contributed by atoms with E-state index in [-0.39, 0.29) is 0 Å². The standard InChI is InChI=1S/C11H16ClN3/c1-14-4-6-15(7-5-14)11-9-13-3-2-10(11)8-12/h2-3,9H,4-8H2,1H3. The Morgan fingerprint density at radius 1 is 1.33 bits per heavy atom. The van der Waals surface area contributed by atoms with Crippen LogP contribution >= 0.6 is 11.6 Å². The SMILES string of the molecule is CN1CCN(c2cnccc2CCl)CC1. The summed E-state index contributed by atoms with van der Waals surface area (Å²) in [5, 5.41) is 0. The molecule has 1 saturated heterocycles. The van der Waals surface area contributed by atoms with Crippen LogP contribution in [0.3, 0.4) is 0 Å². The molecule has 1 aliphatic rings. The third kappa shape index (κ3) is 2.41. The Morgan fingerprint density at radius 2 is 2.07 bits per heavy atom. The number of aromatic nitrogens is 1. The van der Waals surface area contributed by atoms with Gasteiger partial charge in [0.05, 0.1) is 11.9 Å². The van der Waals surface area contributed by atoms with Crippen molar-refractivity contribution in [2.75, 3.05) is 38.1 Å². The van der Waals surface area contributed by atoms with Crippen molar-refractivity contribution in [1.82, 2.24) is 9.88 Å². The number of pyridine rings is 1. The molecule has 0 radical (unpaired) electrons. The first kappa shape index (κ1) is 10.7. The van der Waals surface area contributed by atoms with Crippen LogP contribution in [-0.2, 0) is 5.88 Å². The summed E-state index contributed by atoms with van der Waals surface area (Å²) in [5.41, 5.74) is 2.37. The molecule has 1 aromatic rings. The number of nitrogens with zero attached hydrogens (tertiary/aromatic N) is 3. The minimum Gasteiger partial charge on any atom is -0.367 e. The lowest BCUT2D eigenvalue weighted by Gasteiger charge is -2.34. The van der Waals surface area contributed by atoms with Gasteiger partial charge in [-0.1, -0.05) is 0 Å². The number of anilines is 1. The molecule has 0 unspecified atom stereocenters. The second-order valence-electron chi connectivity index (χ2n) is 3.93. The summed E-state index contributed by atoms with van der Waals surface area (Å²) in [4.78, 5) is 8.88. The first-order chi connectivity index (χ1) is 7.31. The van der Waals surface area contributed by atoms with Crippen molar-refractivity contribution in [3.8, 4) is 0 Å². The van der Waals surface area contributed by atoms with Crippen LogP contribution < -0.4 is 4.90 Å². The summed E-state index contributed by atoms with van der Waals surface area (Å²) >= 11 is 5.92. The smallest absolute Gasteiger partial charge is 0.0598 e. The minimum absolute atomic E-state index is 0.560. The number of hydrogen-bond donors (Lipinski definition) is 0. The molecular weight excluding hydrogens is 210 g/mol. The molecule has 3 nitrogen and oxygen atoms in total. The van der Waals surface area contributed by atoms with Gasteiger partial charge in [-0.15, -0.1) is 11.6 Å². The zero-order chi connectivity index (χ0) is 10.7. The van der Waals surface area contributed by atoms with E-state index < -0.39 is 0 Å². The number of hydrogen-bond acceptors (Lipinski definition) is 3. The second-order valence-corrected chi connectivity index (χ2v) is 4.20. The molecule has 0 aromatic carbocycles. The van der Waals surface area contributed by atoms with Gasteiger partial charge < -0.3 is 9.80 Å². The molecule has 2 rings (SSSR count). The Balaban J connectivity index is 2.15. The van der Waals surface area contributed by atoms with Crippen molar-refractivity contribution < 1.29 is 0 Å². The lowest BCUT2D eigenvalue weighted by molar-refractivity contribution is 0.312. The Labute approximate surface area is 95.7 Å². The third-order valence-electron chi connectivity index (χ3n) is 2.88. The Morgan fingerprint density at radius 3 is 2.73 bits per heavy atom. The van der Waals surface area contributed by atoms with Crippen LogP contribution in [-0.4, -0.2) is 43.1 Å². The van der Waals surface area contributed by atoms with Crippen LogP contribution in [0.1, 0.15) is 5.56 Å². The van der Waals surface area contributed by atoms with Crippen molar-refractivity contribution in [2.45, 2.75) is 5.88 Å². The molecule has 0 amide bonds. The quantitative estimate of drug-likeness (QED) is 0.713. The Kier molecular flexibility index (Phi) is 3.44. The third-order valence-corrected chi connectivity index (χ3v) is 3.16. The predicted molar refractivity (Wildman–Crippen MR) is 63.5 cm³/mol. The van der Waals surface area contributed by atoms with Crippen molar-refractivity contribution >= 4 is 17.3 Å². The maximum absolute atomic E-state index is 5.92. The van der Waals surface area contributed by atoms with Crippen LogP contribution in [0.15, 0.2) is 18.5 Å². The van der Waals surface area contributed by atoms with Gasteiger partial charge in [0.2, 0.25) is 0 Å². The lowest BCUT2D eigenvalue weighted by Crippen LogP contribution is -2.44. The molecule has 0 bridgehead atoms. The monoisotopic (exact) mass is 225 g/mol. The Bertz CT molecular complexity index is 321. The summed E-state index contributed by atoms with van der Waals surface area (Å²) in [7, 11) is 2.16. The van der Waals surface area contributed by atoms with Gasteiger partial charge in [0.25, 0.3) is 0 Å². The van der Waals surface area contributed by atoms with E-state index in [0.717, 1.165) is 26.2 Å². The van der Waals surface area contributed by atoms with Gasteiger partial charge in [-0.05, 0) is 18.7 Å². The van der Waals surface area contributed by atoms with E-state index in [1.165, 1.54) is 11.3 Å². The molecule has 2 heterocycles. The van der Waals surface area contributed by atoms with Gasteiger partial charge in [0.15, 0.2) is 0 Å². The van der Waals surface area contributed by atoms with Crippen LogP contribution in [0.2, 0.25) is 0 Å². The van der Waals surface area contributed by atoms with Crippen molar-refractivity contribution in [3.63, 3.8) is 0 Å². The maximum Gasteiger partial charge on any atom is 0.0598 e. The van der Waals surface area contributed by atoms with E-state index in [1.807, 2.05) is 12.3 Å². The minimum atomic E-state index is 0.560. The second kappa shape index (κ2) is 4.81. The van der Waals surface area contributed by atoms with Gasteiger partial charge in [-0.2, -0.15) is 0 Å². The summed E-state index contributed by atoms with van der Waals surface area (Å²) in [6, 6.07) is 2.00. The summed E-state index contributed by atoms with van der Waals surface area (Å²) < 4.78 is 0. The first-order valence-corrected chi connectivity index (χ1v) is 5.77. The zero-order valence-electron chi connectivity index (χ0n) is 8.99. The van der Waals surface area contributed by atoms with Crippen LogP contribution in [0.4, 0.5) is 5.69 Å². The number of alkyl halides is 1. The molecule has 82 valence electrons. The lowest BCUT2D eigenvalue weighted by atomic mass is 10.2. The summed E-state index contributed by atoms with van der Waals surface area (Å²) in [6.07, 6.45) is 3.72. The van der Waals surface area contributed by atoms with E-state index in [0.29, 0.717) is 5.88 Å². The van der Waals surface area contributed by atoms with Crippen LogP contribution in [0, 0.1) is 0 Å². The maximum atomic E-state index is 5.92.